The number of aromatic nitrogens is 2. The van der Waals surface area contributed by atoms with Gasteiger partial charge in [0, 0.05) is 22.1 Å². The minimum Gasteiger partial charge on any atom is -0.493 e. The Hall–Kier alpha value is -2.64. The minimum atomic E-state index is -0.263. The van der Waals surface area contributed by atoms with Gasteiger partial charge >= 0.3 is 0 Å². The van der Waals surface area contributed by atoms with Crippen LogP contribution in [0, 0.1) is 0 Å². The van der Waals surface area contributed by atoms with E-state index < -0.39 is 0 Å². The van der Waals surface area contributed by atoms with E-state index in [-0.39, 0.29) is 12.5 Å². The minimum absolute atomic E-state index is 0.131. The molecule has 1 aliphatic heterocycles. The third-order valence-corrected chi connectivity index (χ3v) is 5.53. The van der Waals surface area contributed by atoms with Gasteiger partial charge in [-0.2, -0.15) is 16.9 Å². The normalized spacial score (nSPS) is 12.5. The molecular formula is C20H18ClN3O3S. The third-order valence-electron chi connectivity index (χ3n) is 4.31. The molecule has 0 aliphatic carbocycles. The number of fused-ring (bicyclic) bond motifs is 1. The van der Waals surface area contributed by atoms with Crippen LogP contribution in [0.1, 0.15) is 11.3 Å². The Morgan fingerprint density at radius 2 is 1.93 bits per heavy atom. The number of carbonyl (C=O) groups is 1. The predicted molar refractivity (Wildman–Crippen MR) is 111 cm³/mol. The maximum absolute atomic E-state index is 12.6. The molecule has 3 aromatic rings. The van der Waals surface area contributed by atoms with Crippen LogP contribution in [0.2, 0.25) is 5.02 Å². The van der Waals surface area contributed by atoms with Crippen molar-refractivity contribution >= 4 is 35.1 Å². The van der Waals surface area contributed by atoms with E-state index in [1.165, 1.54) is 0 Å². The highest BCUT2D eigenvalue weighted by atomic mass is 35.5. The summed E-state index contributed by atoms with van der Waals surface area (Å²) in [6.45, 7) is -0.131. The van der Waals surface area contributed by atoms with Crippen LogP contribution in [-0.2, 0) is 16.3 Å². The van der Waals surface area contributed by atoms with Crippen molar-refractivity contribution in [1.82, 2.24) is 9.78 Å². The number of benzene rings is 2. The largest absolute Gasteiger partial charge is 0.493 e. The number of thioether (sulfide) groups is 1. The lowest BCUT2D eigenvalue weighted by atomic mass is 10.2. The summed E-state index contributed by atoms with van der Waals surface area (Å²) in [6.07, 6.45) is 0. The number of carbonyl (C=O) groups excluding carboxylic acids is 1. The lowest BCUT2D eigenvalue weighted by Gasteiger charge is -2.13. The fourth-order valence-electron chi connectivity index (χ4n) is 2.96. The van der Waals surface area contributed by atoms with Crippen LogP contribution in [0.4, 0.5) is 5.82 Å². The predicted octanol–water partition coefficient (Wildman–Crippen LogP) is 4.30. The Balaban J connectivity index is 1.54. The van der Waals surface area contributed by atoms with E-state index in [1.54, 1.807) is 47.8 Å². The summed E-state index contributed by atoms with van der Waals surface area (Å²) in [4.78, 5) is 12.6. The molecule has 0 radical (unpaired) electrons. The number of halogens is 1. The Morgan fingerprint density at radius 3 is 2.68 bits per heavy atom. The SMILES string of the molecule is COc1ccccc1OCC(=O)Nc1c2c(nn1-c1ccc(Cl)cc1)CSC2. The van der Waals surface area contributed by atoms with Crippen LogP contribution in [0.3, 0.4) is 0 Å². The van der Waals surface area contributed by atoms with Crippen LogP contribution < -0.4 is 14.8 Å². The molecule has 144 valence electrons. The van der Waals surface area contributed by atoms with Crippen molar-refractivity contribution in [3.8, 4) is 17.2 Å². The molecule has 2 aromatic carbocycles. The Morgan fingerprint density at radius 1 is 1.18 bits per heavy atom. The first-order chi connectivity index (χ1) is 13.7. The Labute approximate surface area is 171 Å². The summed E-state index contributed by atoms with van der Waals surface area (Å²) in [7, 11) is 1.56. The molecule has 1 aromatic heterocycles. The summed E-state index contributed by atoms with van der Waals surface area (Å²) >= 11 is 7.77. The zero-order valence-electron chi connectivity index (χ0n) is 15.1. The Bertz CT molecular complexity index is 1000. The molecule has 4 rings (SSSR count). The zero-order valence-corrected chi connectivity index (χ0v) is 16.7. The maximum Gasteiger partial charge on any atom is 0.263 e. The van der Waals surface area contributed by atoms with Gasteiger partial charge in [-0.25, -0.2) is 4.68 Å². The molecule has 6 nitrogen and oxygen atoms in total. The topological polar surface area (TPSA) is 65.4 Å². The van der Waals surface area contributed by atoms with Gasteiger partial charge in [0.05, 0.1) is 18.5 Å². The number of amides is 1. The van der Waals surface area contributed by atoms with E-state index in [4.69, 9.17) is 21.1 Å². The third kappa shape index (κ3) is 3.81. The van der Waals surface area contributed by atoms with E-state index >= 15 is 0 Å². The molecule has 0 atom stereocenters. The van der Waals surface area contributed by atoms with Gasteiger partial charge in [0.2, 0.25) is 0 Å². The summed E-state index contributed by atoms with van der Waals surface area (Å²) in [5, 5.41) is 8.28. The van der Waals surface area contributed by atoms with Gasteiger partial charge in [0.1, 0.15) is 5.82 Å². The smallest absolute Gasteiger partial charge is 0.263 e. The quantitative estimate of drug-likeness (QED) is 0.650. The molecular weight excluding hydrogens is 398 g/mol. The van der Waals surface area contributed by atoms with Crippen LogP contribution >= 0.6 is 23.4 Å². The van der Waals surface area contributed by atoms with Crippen LogP contribution in [-0.4, -0.2) is 29.4 Å². The first-order valence-electron chi connectivity index (χ1n) is 8.66. The highest BCUT2D eigenvalue weighted by Crippen LogP contribution is 2.36. The number of nitrogens with one attached hydrogen (secondary N) is 1. The van der Waals surface area contributed by atoms with Gasteiger partial charge in [0.15, 0.2) is 18.1 Å². The summed E-state index contributed by atoms with van der Waals surface area (Å²) in [6, 6.07) is 14.6. The number of ether oxygens (including phenoxy) is 2. The van der Waals surface area contributed by atoms with Crippen LogP contribution in [0.25, 0.3) is 5.69 Å². The van der Waals surface area contributed by atoms with Crippen LogP contribution in [0.15, 0.2) is 48.5 Å². The van der Waals surface area contributed by atoms with Gasteiger partial charge in [-0.3, -0.25) is 4.79 Å². The molecule has 0 saturated heterocycles. The molecule has 2 heterocycles. The average Bonchev–Trinajstić information content (AvgIpc) is 3.30. The summed E-state index contributed by atoms with van der Waals surface area (Å²) in [5.74, 6) is 3.16. The van der Waals surface area contributed by atoms with Gasteiger partial charge in [-0.05, 0) is 36.4 Å². The fraction of sp³-hybridized carbons (Fsp3) is 0.200. The van der Waals surface area contributed by atoms with Crippen LogP contribution in [0.5, 0.6) is 11.5 Å². The second-order valence-corrected chi connectivity index (χ2v) is 7.56. The number of hydrogen-bond acceptors (Lipinski definition) is 5. The molecule has 1 amide bonds. The molecule has 0 saturated carbocycles. The first kappa shape index (κ1) is 18.7. The zero-order chi connectivity index (χ0) is 19.5. The molecule has 1 N–H and O–H groups in total. The maximum atomic E-state index is 12.6. The lowest BCUT2D eigenvalue weighted by molar-refractivity contribution is -0.118. The van der Waals surface area contributed by atoms with Crippen molar-refractivity contribution in [2.75, 3.05) is 19.0 Å². The standard InChI is InChI=1S/C20H18ClN3O3S/c1-26-17-4-2-3-5-18(17)27-10-19(25)22-20-15-11-28-12-16(15)23-24(20)14-8-6-13(21)7-9-14/h2-9H,10-12H2,1H3,(H,22,25). The van der Waals surface area contributed by atoms with Crippen molar-refractivity contribution in [2.24, 2.45) is 0 Å². The van der Waals surface area contributed by atoms with E-state index in [1.807, 2.05) is 24.3 Å². The van der Waals surface area contributed by atoms with Crippen molar-refractivity contribution in [3.63, 3.8) is 0 Å². The van der Waals surface area contributed by atoms with Crippen molar-refractivity contribution in [3.05, 3.63) is 64.8 Å². The van der Waals surface area contributed by atoms with Crippen molar-refractivity contribution < 1.29 is 14.3 Å². The second kappa shape index (κ2) is 8.16. The summed E-state index contributed by atoms with van der Waals surface area (Å²) in [5.41, 5.74) is 2.87. The van der Waals surface area contributed by atoms with Gasteiger partial charge in [-0.15, -0.1) is 0 Å². The van der Waals surface area contributed by atoms with E-state index in [0.717, 1.165) is 28.5 Å². The van der Waals surface area contributed by atoms with Crippen molar-refractivity contribution in [2.45, 2.75) is 11.5 Å². The molecule has 0 spiro atoms. The number of para-hydroxylation sites is 2. The average molecular weight is 416 g/mol. The lowest BCUT2D eigenvalue weighted by Crippen LogP contribution is -2.22. The highest BCUT2D eigenvalue weighted by Gasteiger charge is 2.24. The summed E-state index contributed by atoms with van der Waals surface area (Å²) < 4.78 is 12.6. The molecule has 1 aliphatic rings. The first-order valence-corrected chi connectivity index (χ1v) is 10.2. The van der Waals surface area contributed by atoms with Gasteiger partial charge in [0.25, 0.3) is 5.91 Å². The second-order valence-electron chi connectivity index (χ2n) is 6.14. The molecule has 0 unspecified atom stereocenters. The number of hydrogen-bond donors (Lipinski definition) is 1. The molecule has 0 fully saturated rings. The van der Waals surface area contributed by atoms with Gasteiger partial charge in [-0.1, -0.05) is 23.7 Å². The molecule has 28 heavy (non-hydrogen) atoms. The molecule has 0 bridgehead atoms. The number of nitrogens with zero attached hydrogens (tertiary/aromatic N) is 2. The van der Waals surface area contributed by atoms with Gasteiger partial charge < -0.3 is 14.8 Å². The highest BCUT2D eigenvalue weighted by molar-refractivity contribution is 7.98. The monoisotopic (exact) mass is 415 g/mol. The van der Waals surface area contributed by atoms with E-state index in [0.29, 0.717) is 22.3 Å². The van der Waals surface area contributed by atoms with Crippen molar-refractivity contribution in [1.29, 1.82) is 0 Å². The number of methoxy groups -OCH3 is 1. The number of anilines is 1. The Kier molecular flexibility index (Phi) is 5.45. The number of rotatable bonds is 6. The fourth-order valence-corrected chi connectivity index (χ4v) is 4.12. The molecule has 8 heteroatoms. The van der Waals surface area contributed by atoms with E-state index in [2.05, 4.69) is 10.4 Å². The van der Waals surface area contributed by atoms with E-state index in [9.17, 15) is 4.79 Å².